The smallest absolute Gasteiger partial charge is 0.420 e. The van der Waals surface area contributed by atoms with E-state index in [1.54, 1.807) is 6.92 Å². The topological polar surface area (TPSA) is 38.3 Å². The van der Waals surface area contributed by atoms with E-state index >= 15 is 0 Å². The summed E-state index contributed by atoms with van der Waals surface area (Å²) < 4.78 is 78.7. The second-order valence-electron chi connectivity index (χ2n) is 3.87. The average Bonchev–Trinajstić information content (AvgIpc) is 2.13. The van der Waals surface area contributed by atoms with E-state index in [1.165, 1.54) is 6.92 Å². The van der Waals surface area contributed by atoms with Crippen molar-refractivity contribution in [1.82, 2.24) is 5.32 Å². The number of halogens is 6. The van der Waals surface area contributed by atoms with Crippen molar-refractivity contribution in [3.05, 3.63) is 0 Å². The van der Waals surface area contributed by atoms with Gasteiger partial charge in [0.2, 0.25) is 5.54 Å². The minimum absolute atomic E-state index is 0.162. The molecule has 9 heteroatoms. The lowest BCUT2D eigenvalue weighted by Crippen LogP contribution is -2.65. The molecule has 3 nitrogen and oxygen atoms in total. The number of rotatable bonds is 3. The summed E-state index contributed by atoms with van der Waals surface area (Å²) in [4.78, 5) is 11.0. The molecule has 0 heterocycles. The van der Waals surface area contributed by atoms with Crippen LogP contribution >= 0.6 is 0 Å². The lowest BCUT2D eigenvalue weighted by molar-refractivity contribution is -0.298. The molecule has 0 fully saturated rings. The van der Waals surface area contributed by atoms with E-state index in [0.29, 0.717) is 0 Å². The van der Waals surface area contributed by atoms with Gasteiger partial charge in [0.05, 0.1) is 0 Å². The summed E-state index contributed by atoms with van der Waals surface area (Å²) >= 11 is 0. The molecule has 0 rings (SSSR count). The van der Waals surface area contributed by atoms with Crippen LogP contribution in [0.5, 0.6) is 0 Å². The van der Waals surface area contributed by atoms with Crippen LogP contribution in [0.15, 0.2) is 0 Å². The third-order valence-electron chi connectivity index (χ3n) is 2.37. The number of amides is 1. The second kappa shape index (κ2) is 5.23. The molecule has 1 N–H and O–H groups in total. The third kappa shape index (κ3) is 3.67. The Hall–Kier alpha value is -1.15. The molecular formula is C9H13F6NO2. The molecule has 0 spiro atoms. The molecule has 0 saturated carbocycles. The quantitative estimate of drug-likeness (QED) is 0.805. The fourth-order valence-corrected chi connectivity index (χ4v) is 0.802. The van der Waals surface area contributed by atoms with E-state index in [4.69, 9.17) is 0 Å². The highest BCUT2D eigenvalue weighted by atomic mass is 19.4. The predicted octanol–water partition coefficient (Wildman–Crippen LogP) is 3.39. The molecular weight excluding hydrogens is 268 g/mol. The van der Waals surface area contributed by atoms with Crippen LogP contribution in [-0.2, 0) is 4.74 Å². The first-order valence-corrected chi connectivity index (χ1v) is 4.97. The number of alkyl halides is 6. The Morgan fingerprint density at radius 3 is 1.83 bits per heavy atom. The van der Waals surface area contributed by atoms with Gasteiger partial charge >= 0.3 is 18.4 Å². The summed E-state index contributed by atoms with van der Waals surface area (Å²) in [6.45, 7) is 2.74. The number of ether oxygens (including phenoxy) is 1. The van der Waals surface area contributed by atoms with Crippen LogP contribution in [0.1, 0.15) is 27.2 Å². The van der Waals surface area contributed by atoms with Gasteiger partial charge in [0, 0.05) is 0 Å². The Balaban J connectivity index is 5.01. The first kappa shape index (κ1) is 16.9. The van der Waals surface area contributed by atoms with Gasteiger partial charge in [-0.05, 0) is 20.3 Å². The summed E-state index contributed by atoms with van der Waals surface area (Å²) in [6, 6.07) is 0. The fourth-order valence-electron chi connectivity index (χ4n) is 0.802. The molecule has 1 atom stereocenters. The maximum Gasteiger partial charge on any atom is 0.420 e. The van der Waals surface area contributed by atoms with E-state index in [1.807, 2.05) is 0 Å². The van der Waals surface area contributed by atoms with Gasteiger partial charge in [-0.3, -0.25) is 5.32 Å². The van der Waals surface area contributed by atoms with Crippen LogP contribution in [0.3, 0.4) is 0 Å². The van der Waals surface area contributed by atoms with Gasteiger partial charge in [-0.15, -0.1) is 0 Å². The standard InChI is InChI=1S/C9H13F6NO2/c1-4-5(2)18-6(17)16-7(3,8(10,11)12)9(13,14)15/h5H,4H2,1-3H3,(H,16,17). The van der Waals surface area contributed by atoms with E-state index in [-0.39, 0.29) is 13.3 Å². The molecule has 108 valence electrons. The van der Waals surface area contributed by atoms with Crippen molar-refractivity contribution in [3.63, 3.8) is 0 Å². The highest BCUT2D eigenvalue weighted by Gasteiger charge is 2.69. The second-order valence-corrected chi connectivity index (χ2v) is 3.87. The normalized spacial score (nSPS) is 15.2. The van der Waals surface area contributed by atoms with Crippen LogP contribution in [0.4, 0.5) is 31.1 Å². The summed E-state index contributed by atoms with van der Waals surface area (Å²) in [5.74, 6) is 0. The maximum absolute atomic E-state index is 12.4. The number of carbonyl (C=O) groups is 1. The van der Waals surface area contributed by atoms with Crippen molar-refractivity contribution in [2.45, 2.75) is 51.2 Å². The molecule has 1 amide bonds. The lowest BCUT2D eigenvalue weighted by Gasteiger charge is -2.34. The summed E-state index contributed by atoms with van der Waals surface area (Å²) in [5.41, 5.74) is -4.34. The van der Waals surface area contributed by atoms with E-state index < -0.39 is 30.1 Å². The molecule has 18 heavy (non-hydrogen) atoms. The first-order chi connectivity index (χ1) is 7.85. The van der Waals surface area contributed by atoms with Crippen LogP contribution in [0.2, 0.25) is 0 Å². The Bertz CT molecular complexity index is 284. The van der Waals surface area contributed by atoms with Gasteiger partial charge in [-0.25, -0.2) is 4.79 Å². The van der Waals surface area contributed by atoms with E-state index in [9.17, 15) is 31.1 Å². The van der Waals surface area contributed by atoms with Crippen molar-refractivity contribution in [2.24, 2.45) is 0 Å². The maximum atomic E-state index is 12.4. The minimum Gasteiger partial charge on any atom is -0.447 e. The van der Waals surface area contributed by atoms with Gasteiger partial charge in [0.1, 0.15) is 6.10 Å². The Kier molecular flexibility index (Phi) is 4.90. The summed E-state index contributed by atoms with van der Waals surface area (Å²) in [7, 11) is 0. The summed E-state index contributed by atoms with van der Waals surface area (Å²) in [6.07, 6.45) is -13.6. The largest absolute Gasteiger partial charge is 0.447 e. The molecule has 0 aliphatic heterocycles. The van der Waals surface area contributed by atoms with Gasteiger partial charge in [0.25, 0.3) is 0 Å². The van der Waals surface area contributed by atoms with Crippen LogP contribution in [0, 0.1) is 0 Å². The summed E-state index contributed by atoms with van der Waals surface area (Å²) in [5, 5.41) is 0.827. The Labute approximate surface area is 99.5 Å². The third-order valence-corrected chi connectivity index (χ3v) is 2.37. The number of carbonyl (C=O) groups excluding carboxylic acids is 1. The number of alkyl carbamates (subject to hydrolysis) is 1. The highest BCUT2D eigenvalue weighted by molar-refractivity contribution is 5.68. The molecule has 0 aromatic carbocycles. The van der Waals surface area contributed by atoms with Crippen molar-refractivity contribution in [3.8, 4) is 0 Å². The van der Waals surface area contributed by atoms with Crippen molar-refractivity contribution < 1.29 is 35.9 Å². The number of hydrogen-bond acceptors (Lipinski definition) is 2. The van der Waals surface area contributed by atoms with E-state index in [0.717, 1.165) is 5.32 Å². The Morgan fingerprint density at radius 1 is 1.17 bits per heavy atom. The number of hydrogen-bond donors (Lipinski definition) is 1. The van der Waals surface area contributed by atoms with Gasteiger partial charge in [-0.1, -0.05) is 6.92 Å². The minimum atomic E-state index is -5.68. The van der Waals surface area contributed by atoms with Crippen molar-refractivity contribution >= 4 is 6.09 Å². The monoisotopic (exact) mass is 281 g/mol. The van der Waals surface area contributed by atoms with Crippen LogP contribution < -0.4 is 5.32 Å². The van der Waals surface area contributed by atoms with Gasteiger partial charge < -0.3 is 4.74 Å². The first-order valence-electron chi connectivity index (χ1n) is 4.97. The Morgan fingerprint density at radius 2 is 1.56 bits per heavy atom. The highest BCUT2D eigenvalue weighted by Crippen LogP contribution is 2.42. The SMILES string of the molecule is CCC(C)OC(=O)NC(C)(C(F)(F)F)C(F)(F)F. The van der Waals surface area contributed by atoms with Gasteiger partial charge in [-0.2, -0.15) is 26.3 Å². The molecule has 0 aromatic rings. The predicted molar refractivity (Wildman–Crippen MR) is 49.9 cm³/mol. The number of nitrogens with one attached hydrogen (secondary N) is 1. The molecule has 0 aliphatic carbocycles. The average molecular weight is 281 g/mol. The lowest BCUT2D eigenvalue weighted by atomic mass is 10.0. The van der Waals surface area contributed by atoms with E-state index in [2.05, 4.69) is 4.74 Å². The molecule has 1 unspecified atom stereocenters. The molecule has 0 aliphatic rings. The van der Waals surface area contributed by atoms with Crippen molar-refractivity contribution in [1.29, 1.82) is 0 Å². The zero-order valence-electron chi connectivity index (χ0n) is 9.87. The van der Waals surface area contributed by atoms with Crippen LogP contribution in [-0.4, -0.2) is 30.1 Å². The molecule has 0 radical (unpaired) electrons. The van der Waals surface area contributed by atoms with Crippen LogP contribution in [0.25, 0.3) is 0 Å². The molecule has 0 aromatic heterocycles. The fraction of sp³-hybridized carbons (Fsp3) is 0.889. The van der Waals surface area contributed by atoms with Crippen molar-refractivity contribution in [2.75, 3.05) is 0 Å². The molecule has 0 saturated heterocycles. The zero-order chi connectivity index (χ0) is 14.8. The zero-order valence-corrected chi connectivity index (χ0v) is 9.87. The van der Waals surface area contributed by atoms with Gasteiger partial charge in [0.15, 0.2) is 0 Å². The molecule has 0 bridgehead atoms.